The minimum atomic E-state index is -0.855. The fraction of sp³-hybridized carbons (Fsp3) is 0.250. The smallest absolute Gasteiger partial charge is 0.333 e. The van der Waals surface area contributed by atoms with Gasteiger partial charge in [-0.25, -0.2) is 4.79 Å². The summed E-state index contributed by atoms with van der Waals surface area (Å²) in [5, 5.41) is 9.86. The van der Waals surface area contributed by atoms with Crippen LogP contribution in [-0.2, 0) is 16.1 Å². The highest BCUT2D eigenvalue weighted by molar-refractivity contribution is 6.03. The van der Waals surface area contributed by atoms with Gasteiger partial charge < -0.3 is 10.1 Å². The SMILES string of the molecule is COC(=O)C1(C=N)CN1Cc1cccc2ccccc12. The van der Waals surface area contributed by atoms with E-state index in [2.05, 4.69) is 24.3 Å². The van der Waals surface area contributed by atoms with Gasteiger partial charge in [-0.05, 0) is 16.3 Å². The van der Waals surface area contributed by atoms with E-state index in [0.717, 1.165) is 5.56 Å². The van der Waals surface area contributed by atoms with Crippen LogP contribution in [0.25, 0.3) is 10.8 Å². The molecule has 1 saturated heterocycles. The highest BCUT2D eigenvalue weighted by Gasteiger charge is 2.58. The van der Waals surface area contributed by atoms with E-state index in [1.54, 1.807) is 0 Å². The standard InChI is InChI=1S/C16H16N2O2/c1-20-15(19)16(10-17)11-18(16)9-13-7-4-6-12-5-2-3-8-14(12)13/h2-8,10,17H,9,11H2,1H3. The van der Waals surface area contributed by atoms with E-state index in [1.165, 1.54) is 24.1 Å². The first-order valence-electron chi connectivity index (χ1n) is 6.53. The van der Waals surface area contributed by atoms with Gasteiger partial charge in [0.15, 0.2) is 5.54 Å². The van der Waals surface area contributed by atoms with Crippen LogP contribution in [0.4, 0.5) is 0 Å². The molecule has 4 heteroatoms. The maximum absolute atomic E-state index is 11.8. The summed E-state index contributed by atoms with van der Waals surface area (Å²) >= 11 is 0. The van der Waals surface area contributed by atoms with Crippen molar-refractivity contribution in [1.82, 2.24) is 4.90 Å². The van der Waals surface area contributed by atoms with Crippen LogP contribution in [0.3, 0.4) is 0 Å². The molecule has 1 aliphatic rings. The van der Waals surface area contributed by atoms with E-state index in [9.17, 15) is 4.79 Å². The molecule has 102 valence electrons. The number of ether oxygens (including phenoxy) is 1. The number of carbonyl (C=O) groups is 1. The second-order valence-corrected chi connectivity index (χ2v) is 5.05. The molecule has 1 fully saturated rings. The van der Waals surface area contributed by atoms with Gasteiger partial charge in [0.05, 0.1) is 7.11 Å². The molecule has 2 atom stereocenters. The fourth-order valence-corrected chi connectivity index (χ4v) is 2.65. The molecule has 2 aromatic carbocycles. The molecule has 0 bridgehead atoms. The Kier molecular flexibility index (Phi) is 3.03. The molecule has 1 N–H and O–H groups in total. The molecule has 0 spiro atoms. The molecule has 0 radical (unpaired) electrons. The summed E-state index contributed by atoms with van der Waals surface area (Å²) in [5.74, 6) is -0.354. The van der Waals surface area contributed by atoms with Crippen molar-refractivity contribution in [3.05, 3.63) is 48.0 Å². The zero-order valence-corrected chi connectivity index (χ0v) is 11.3. The first-order chi connectivity index (χ1) is 9.71. The normalized spacial score (nSPS) is 24.4. The van der Waals surface area contributed by atoms with Crippen molar-refractivity contribution in [1.29, 1.82) is 5.41 Å². The van der Waals surface area contributed by atoms with Crippen molar-refractivity contribution < 1.29 is 9.53 Å². The average Bonchev–Trinajstić information content (AvgIpc) is 3.21. The lowest BCUT2D eigenvalue weighted by molar-refractivity contribution is -0.142. The van der Waals surface area contributed by atoms with Gasteiger partial charge >= 0.3 is 5.97 Å². The number of esters is 1. The predicted molar refractivity (Wildman–Crippen MR) is 77.9 cm³/mol. The number of hydrogen-bond donors (Lipinski definition) is 1. The first-order valence-corrected chi connectivity index (χ1v) is 6.53. The maximum atomic E-state index is 11.8. The van der Waals surface area contributed by atoms with Gasteiger partial charge in [0.25, 0.3) is 0 Å². The zero-order chi connectivity index (χ0) is 14.2. The Morgan fingerprint density at radius 2 is 2.10 bits per heavy atom. The third-order valence-electron chi connectivity index (χ3n) is 3.91. The Balaban J connectivity index is 1.89. The summed E-state index contributed by atoms with van der Waals surface area (Å²) in [7, 11) is 1.36. The van der Waals surface area contributed by atoms with Crippen LogP contribution in [0.1, 0.15) is 5.56 Å². The number of carbonyl (C=O) groups excluding carboxylic acids is 1. The Hall–Kier alpha value is -2.20. The Bertz CT molecular complexity index is 678. The molecular formula is C16H16N2O2. The van der Waals surface area contributed by atoms with Gasteiger partial charge in [0.2, 0.25) is 0 Å². The third kappa shape index (κ3) is 1.89. The molecule has 0 saturated carbocycles. The molecule has 3 rings (SSSR count). The van der Waals surface area contributed by atoms with Crippen LogP contribution < -0.4 is 0 Å². The number of nitrogens with one attached hydrogen (secondary N) is 1. The van der Waals surface area contributed by atoms with Gasteiger partial charge in [-0.15, -0.1) is 0 Å². The van der Waals surface area contributed by atoms with Crippen molar-refractivity contribution >= 4 is 23.0 Å². The van der Waals surface area contributed by atoms with Crippen molar-refractivity contribution in [2.24, 2.45) is 0 Å². The Morgan fingerprint density at radius 1 is 1.35 bits per heavy atom. The van der Waals surface area contributed by atoms with Crippen LogP contribution in [-0.4, -0.2) is 36.3 Å². The van der Waals surface area contributed by atoms with Crippen molar-refractivity contribution in [3.63, 3.8) is 0 Å². The minimum absolute atomic E-state index is 0.354. The summed E-state index contributed by atoms with van der Waals surface area (Å²) in [6.45, 7) is 1.19. The van der Waals surface area contributed by atoms with Crippen molar-refractivity contribution in [3.8, 4) is 0 Å². The second kappa shape index (κ2) is 4.72. The summed E-state index contributed by atoms with van der Waals surface area (Å²) in [6, 6.07) is 14.3. The van der Waals surface area contributed by atoms with E-state index in [1.807, 2.05) is 23.1 Å². The summed E-state index contributed by atoms with van der Waals surface area (Å²) in [4.78, 5) is 13.7. The molecule has 2 aromatic rings. The van der Waals surface area contributed by atoms with E-state index in [0.29, 0.717) is 13.1 Å². The molecule has 0 aromatic heterocycles. The lowest BCUT2D eigenvalue weighted by Crippen LogP contribution is -2.32. The van der Waals surface area contributed by atoms with Crippen LogP contribution in [0, 0.1) is 5.41 Å². The predicted octanol–water partition coefficient (Wildman–Crippen LogP) is 2.22. The topological polar surface area (TPSA) is 53.2 Å². The molecule has 0 aliphatic carbocycles. The monoisotopic (exact) mass is 268 g/mol. The molecule has 0 amide bonds. The fourth-order valence-electron chi connectivity index (χ4n) is 2.65. The largest absolute Gasteiger partial charge is 0.467 e. The number of nitrogens with zero attached hydrogens (tertiary/aromatic N) is 1. The highest BCUT2D eigenvalue weighted by atomic mass is 16.5. The van der Waals surface area contributed by atoms with Crippen LogP contribution in [0.15, 0.2) is 42.5 Å². The van der Waals surface area contributed by atoms with E-state index < -0.39 is 5.54 Å². The van der Waals surface area contributed by atoms with Gasteiger partial charge in [0.1, 0.15) is 0 Å². The van der Waals surface area contributed by atoms with Crippen molar-refractivity contribution in [2.75, 3.05) is 13.7 Å². The lowest BCUT2D eigenvalue weighted by Gasteiger charge is -2.12. The third-order valence-corrected chi connectivity index (χ3v) is 3.91. The Labute approximate surface area is 117 Å². The number of hydrogen-bond acceptors (Lipinski definition) is 4. The average molecular weight is 268 g/mol. The van der Waals surface area contributed by atoms with Gasteiger partial charge in [-0.1, -0.05) is 42.5 Å². The lowest BCUT2D eigenvalue weighted by atomic mass is 10.0. The van der Waals surface area contributed by atoms with Gasteiger partial charge in [-0.3, -0.25) is 4.90 Å². The number of methoxy groups -OCH3 is 1. The van der Waals surface area contributed by atoms with Crippen molar-refractivity contribution in [2.45, 2.75) is 12.1 Å². The van der Waals surface area contributed by atoms with E-state index >= 15 is 0 Å². The quantitative estimate of drug-likeness (QED) is 0.525. The molecule has 4 nitrogen and oxygen atoms in total. The second-order valence-electron chi connectivity index (χ2n) is 5.05. The summed E-state index contributed by atoms with van der Waals surface area (Å²) < 4.78 is 4.79. The maximum Gasteiger partial charge on any atom is 0.333 e. The van der Waals surface area contributed by atoms with Gasteiger partial charge in [0, 0.05) is 19.3 Å². The number of benzene rings is 2. The van der Waals surface area contributed by atoms with Crippen LogP contribution in [0.2, 0.25) is 0 Å². The van der Waals surface area contributed by atoms with Crippen LogP contribution >= 0.6 is 0 Å². The molecule has 1 aliphatic heterocycles. The summed E-state index contributed by atoms with van der Waals surface area (Å²) in [5.41, 5.74) is 0.307. The summed E-state index contributed by atoms with van der Waals surface area (Å²) in [6.07, 6.45) is 1.18. The van der Waals surface area contributed by atoms with E-state index in [-0.39, 0.29) is 5.97 Å². The number of rotatable bonds is 4. The number of fused-ring (bicyclic) bond motifs is 1. The van der Waals surface area contributed by atoms with Crippen LogP contribution in [0.5, 0.6) is 0 Å². The minimum Gasteiger partial charge on any atom is -0.467 e. The first kappa shape index (κ1) is 12.8. The van der Waals surface area contributed by atoms with Gasteiger partial charge in [-0.2, -0.15) is 0 Å². The van der Waals surface area contributed by atoms with E-state index in [4.69, 9.17) is 10.1 Å². The molecule has 1 heterocycles. The molecular weight excluding hydrogens is 252 g/mol. The molecule has 20 heavy (non-hydrogen) atoms. The zero-order valence-electron chi connectivity index (χ0n) is 11.3. The highest BCUT2D eigenvalue weighted by Crippen LogP contribution is 2.34. The molecule has 2 unspecified atom stereocenters. The Morgan fingerprint density at radius 3 is 2.85 bits per heavy atom.